The molecule has 1 atom stereocenters. The number of likely N-dealkylation sites (tertiary alicyclic amines) is 1. The maximum Gasteiger partial charge on any atom is 0.250 e. The highest BCUT2D eigenvalue weighted by Gasteiger charge is 2.29. The number of rotatable bonds is 4. The lowest BCUT2D eigenvalue weighted by Gasteiger charge is -2.33. The highest BCUT2D eigenvalue weighted by Crippen LogP contribution is 2.30. The number of hydrogen-bond donors (Lipinski definition) is 2. The summed E-state index contributed by atoms with van der Waals surface area (Å²) in [6.07, 6.45) is 4.71. The van der Waals surface area contributed by atoms with Gasteiger partial charge in [-0.3, -0.25) is 4.79 Å². The van der Waals surface area contributed by atoms with Crippen molar-refractivity contribution < 1.29 is 9.53 Å². The van der Waals surface area contributed by atoms with E-state index >= 15 is 0 Å². The Labute approximate surface area is 139 Å². The predicted octanol–water partition coefficient (Wildman–Crippen LogP) is 0.809. The second kappa shape index (κ2) is 9.16. The molecule has 3 rings (SSSR count). The number of morpholine rings is 1. The van der Waals surface area contributed by atoms with Crippen molar-refractivity contribution in [1.82, 2.24) is 15.5 Å². The van der Waals surface area contributed by atoms with Crippen LogP contribution >= 0.6 is 24.8 Å². The van der Waals surface area contributed by atoms with Gasteiger partial charge < -0.3 is 20.3 Å². The number of nitrogens with zero attached hydrogens (tertiary/aromatic N) is 1. The van der Waals surface area contributed by atoms with Crippen LogP contribution in [0.25, 0.3) is 0 Å². The van der Waals surface area contributed by atoms with Gasteiger partial charge in [0.1, 0.15) is 6.10 Å². The number of hydrogen-bond acceptors (Lipinski definition) is 4. The molecule has 1 saturated carbocycles. The zero-order chi connectivity index (χ0) is 13.1. The van der Waals surface area contributed by atoms with E-state index < -0.39 is 0 Å². The van der Waals surface area contributed by atoms with Gasteiger partial charge in [-0.1, -0.05) is 0 Å². The first-order valence-electron chi connectivity index (χ1n) is 7.66. The van der Waals surface area contributed by atoms with Gasteiger partial charge in [0.15, 0.2) is 0 Å². The molecule has 1 amide bonds. The van der Waals surface area contributed by atoms with Gasteiger partial charge in [-0.25, -0.2) is 0 Å². The lowest BCUT2D eigenvalue weighted by molar-refractivity contribution is -0.135. The van der Waals surface area contributed by atoms with E-state index in [0.717, 1.165) is 38.4 Å². The minimum Gasteiger partial charge on any atom is -0.366 e. The molecule has 0 bridgehead atoms. The number of ether oxygens (including phenoxy) is 1. The fourth-order valence-corrected chi connectivity index (χ4v) is 2.95. The van der Waals surface area contributed by atoms with E-state index in [0.29, 0.717) is 19.2 Å². The summed E-state index contributed by atoms with van der Waals surface area (Å²) in [4.78, 5) is 14.6. The third kappa shape index (κ3) is 5.91. The van der Waals surface area contributed by atoms with Crippen LogP contribution in [-0.2, 0) is 9.53 Å². The average molecular weight is 340 g/mol. The molecule has 3 aliphatic rings. The van der Waals surface area contributed by atoms with Crippen molar-refractivity contribution in [2.45, 2.75) is 37.8 Å². The minimum absolute atomic E-state index is 0. The van der Waals surface area contributed by atoms with Crippen molar-refractivity contribution in [3.05, 3.63) is 0 Å². The zero-order valence-electron chi connectivity index (χ0n) is 12.4. The standard InChI is InChI=1S/C14H25N3O2.2ClH/c18-14(13-9-15-5-8-19-13)16-12-3-6-17(7-4-12)10-11-1-2-11;;/h11-13,15H,1-10H2,(H,16,18);2*1H. The summed E-state index contributed by atoms with van der Waals surface area (Å²) in [5.41, 5.74) is 0. The third-order valence-corrected chi connectivity index (χ3v) is 4.37. The van der Waals surface area contributed by atoms with Crippen molar-refractivity contribution in [3.63, 3.8) is 0 Å². The van der Waals surface area contributed by atoms with Crippen LogP contribution in [0.1, 0.15) is 25.7 Å². The summed E-state index contributed by atoms with van der Waals surface area (Å²) >= 11 is 0. The Balaban J connectivity index is 0.00000110. The third-order valence-electron chi connectivity index (χ3n) is 4.37. The molecule has 2 N–H and O–H groups in total. The van der Waals surface area contributed by atoms with Crippen LogP contribution in [0.15, 0.2) is 0 Å². The highest BCUT2D eigenvalue weighted by atomic mass is 35.5. The van der Waals surface area contributed by atoms with E-state index in [1.54, 1.807) is 0 Å². The second-order valence-corrected chi connectivity index (χ2v) is 6.09. The van der Waals surface area contributed by atoms with E-state index in [4.69, 9.17) is 4.74 Å². The lowest BCUT2D eigenvalue weighted by Crippen LogP contribution is -2.52. The normalized spacial score (nSPS) is 27.3. The number of amides is 1. The van der Waals surface area contributed by atoms with Crippen LogP contribution in [0, 0.1) is 5.92 Å². The van der Waals surface area contributed by atoms with Crippen molar-refractivity contribution in [2.24, 2.45) is 5.92 Å². The van der Waals surface area contributed by atoms with Gasteiger partial charge in [-0.2, -0.15) is 0 Å². The fraction of sp³-hybridized carbons (Fsp3) is 0.929. The first-order valence-corrected chi connectivity index (χ1v) is 7.66. The largest absolute Gasteiger partial charge is 0.366 e. The lowest BCUT2D eigenvalue weighted by atomic mass is 10.0. The van der Waals surface area contributed by atoms with Crippen LogP contribution in [0.4, 0.5) is 0 Å². The Morgan fingerprint density at radius 1 is 1.19 bits per heavy atom. The van der Waals surface area contributed by atoms with E-state index in [2.05, 4.69) is 15.5 Å². The summed E-state index contributed by atoms with van der Waals surface area (Å²) in [5.74, 6) is 1.03. The number of carbonyl (C=O) groups excluding carboxylic acids is 1. The van der Waals surface area contributed by atoms with Gasteiger partial charge in [0.05, 0.1) is 6.61 Å². The first-order chi connectivity index (χ1) is 9.31. The number of nitrogens with one attached hydrogen (secondary N) is 2. The Morgan fingerprint density at radius 3 is 2.48 bits per heavy atom. The quantitative estimate of drug-likeness (QED) is 0.795. The van der Waals surface area contributed by atoms with Crippen molar-refractivity contribution in [2.75, 3.05) is 39.3 Å². The highest BCUT2D eigenvalue weighted by molar-refractivity contribution is 5.85. The molecule has 0 radical (unpaired) electrons. The van der Waals surface area contributed by atoms with Gasteiger partial charge in [0.2, 0.25) is 0 Å². The summed E-state index contributed by atoms with van der Waals surface area (Å²) in [5, 5.41) is 6.34. The van der Waals surface area contributed by atoms with Gasteiger partial charge >= 0.3 is 0 Å². The Kier molecular flexibility index (Phi) is 8.27. The predicted molar refractivity (Wildman–Crippen MR) is 87.4 cm³/mol. The molecule has 5 nitrogen and oxygen atoms in total. The van der Waals surface area contributed by atoms with Gasteiger partial charge in [0.25, 0.3) is 5.91 Å². The molecule has 2 aliphatic heterocycles. The summed E-state index contributed by atoms with van der Waals surface area (Å²) in [7, 11) is 0. The molecular formula is C14H27Cl2N3O2. The van der Waals surface area contributed by atoms with Crippen LogP contribution < -0.4 is 10.6 Å². The van der Waals surface area contributed by atoms with Crippen LogP contribution in [-0.4, -0.2) is 62.3 Å². The molecule has 0 aromatic rings. The Bertz CT molecular complexity index is 315. The molecule has 0 aromatic heterocycles. The molecule has 7 heteroatoms. The van der Waals surface area contributed by atoms with E-state index in [1.807, 2.05) is 0 Å². The second-order valence-electron chi connectivity index (χ2n) is 6.09. The topological polar surface area (TPSA) is 53.6 Å². The van der Waals surface area contributed by atoms with E-state index in [9.17, 15) is 4.79 Å². The minimum atomic E-state index is -0.293. The molecule has 1 unspecified atom stereocenters. The van der Waals surface area contributed by atoms with E-state index in [-0.39, 0.29) is 36.8 Å². The molecule has 2 saturated heterocycles. The average Bonchev–Trinajstić information content (AvgIpc) is 3.26. The molecule has 1 aliphatic carbocycles. The van der Waals surface area contributed by atoms with Crippen molar-refractivity contribution in [3.8, 4) is 0 Å². The summed E-state index contributed by atoms with van der Waals surface area (Å²) in [6.45, 7) is 5.67. The van der Waals surface area contributed by atoms with E-state index in [1.165, 1.54) is 19.4 Å². The fourth-order valence-electron chi connectivity index (χ4n) is 2.95. The Morgan fingerprint density at radius 2 is 1.90 bits per heavy atom. The van der Waals surface area contributed by atoms with Gasteiger partial charge in [0, 0.05) is 38.8 Å². The maximum atomic E-state index is 12.0. The summed E-state index contributed by atoms with van der Waals surface area (Å²) < 4.78 is 5.48. The smallest absolute Gasteiger partial charge is 0.250 e. The van der Waals surface area contributed by atoms with Gasteiger partial charge in [-0.05, 0) is 31.6 Å². The molecule has 0 spiro atoms. The van der Waals surface area contributed by atoms with Crippen LogP contribution in [0.5, 0.6) is 0 Å². The number of piperidine rings is 1. The molecule has 0 aromatic carbocycles. The molecule has 124 valence electrons. The van der Waals surface area contributed by atoms with Gasteiger partial charge in [-0.15, -0.1) is 24.8 Å². The van der Waals surface area contributed by atoms with Crippen LogP contribution in [0.3, 0.4) is 0 Å². The monoisotopic (exact) mass is 339 g/mol. The molecule has 3 fully saturated rings. The first kappa shape index (κ1) is 19.0. The SMILES string of the molecule is Cl.Cl.O=C(NC1CCN(CC2CC2)CC1)C1CNCCO1. The number of halogens is 2. The zero-order valence-corrected chi connectivity index (χ0v) is 14.0. The number of carbonyl (C=O) groups is 1. The van der Waals surface area contributed by atoms with Crippen molar-refractivity contribution in [1.29, 1.82) is 0 Å². The molecule has 2 heterocycles. The molecular weight excluding hydrogens is 313 g/mol. The summed E-state index contributed by atoms with van der Waals surface area (Å²) in [6, 6.07) is 0.341. The molecule has 21 heavy (non-hydrogen) atoms. The maximum absolute atomic E-state index is 12.0. The van der Waals surface area contributed by atoms with Crippen molar-refractivity contribution >= 4 is 30.7 Å². The van der Waals surface area contributed by atoms with Crippen LogP contribution in [0.2, 0.25) is 0 Å². The Hall–Kier alpha value is -0.0700.